The zero-order valence-electron chi connectivity index (χ0n) is 8.91. The largest absolute Gasteiger partial charge is 0.398 e. The van der Waals surface area contributed by atoms with E-state index in [4.69, 9.17) is 28.9 Å². The van der Waals surface area contributed by atoms with E-state index in [0.717, 1.165) is 12.8 Å². The van der Waals surface area contributed by atoms with Crippen LogP contribution in [0.3, 0.4) is 0 Å². The van der Waals surface area contributed by atoms with Crippen LogP contribution < -0.4 is 10.5 Å². The molecule has 7 heteroatoms. The van der Waals surface area contributed by atoms with E-state index in [1.54, 1.807) is 0 Å². The first kappa shape index (κ1) is 13.0. The van der Waals surface area contributed by atoms with Gasteiger partial charge in [0, 0.05) is 11.6 Å². The lowest BCUT2D eigenvalue weighted by Crippen LogP contribution is -2.26. The van der Waals surface area contributed by atoms with Gasteiger partial charge in [-0.3, -0.25) is 0 Å². The number of hydrogen-bond donors (Lipinski definition) is 2. The van der Waals surface area contributed by atoms with Crippen LogP contribution in [0.15, 0.2) is 17.0 Å². The number of sulfonamides is 1. The summed E-state index contributed by atoms with van der Waals surface area (Å²) < 4.78 is 26.5. The van der Waals surface area contributed by atoms with Gasteiger partial charge in [0.15, 0.2) is 0 Å². The van der Waals surface area contributed by atoms with Gasteiger partial charge in [0.2, 0.25) is 10.0 Å². The summed E-state index contributed by atoms with van der Waals surface area (Å²) in [5.74, 6) is 0.442. The zero-order valence-corrected chi connectivity index (χ0v) is 11.2. The van der Waals surface area contributed by atoms with Gasteiger partial charge in [-0.05, 0) is 30.9 Å². The van der Waals surface area contributed by atoms with Gasteiger partial charge >= 0.3 is 0 Å². The SMILES string of the molecule is Nc1cc(Cl)cc(Cl)c1S(=O)(=O)NCC1CC1. The Morgan fingerprint density at radius 3 is 2.53 bits per heavy atom. The smallest absolute Gasteiger partial charge is 0.244 e. The molecule has 17 heavy (non-hydrogen) atoms. The van der Waals surface area contributed by atoms with Gasteiger partial charge in [-0.2, -0.15) is 0 Å². The van der Waals surface area contributed by atoms with Crippen molar-refractivity contribution < 1.29 is 8.42 Å². The van der Waals surface area contributed by atoms with E-state index in [0.29, 0.717) is 17.5 Å². The van der Waals surface area contributed by atoms with Crippen LogP contribution >= 0.6 is 23.2 Å². The summed E-state index contributed by atoms with van der Waals surface area (Å²) in [6, 6.07) is 2.74. The van der Waals surface area contributed by atoms with Gasteiger partial charge in [0.05, 0.1) is 10.7 Å². The second-order valence-electron chi connectivity index (χ2n) is 4.10. The molecular formula is C10H12Cl2N2O2S. The first-order valence-corrected chi connectivity index (χ1v) is 7.38. The van der Waals surface area contributed by atoms with Crippen molar-refractivity contribution in [3.63, 3.8) is 0 Å². The molecule has 1 aromatic rings. The molecule has 1 aromatic carbocycles. The van der Waals surface area contributed by atoms with Gasteiger partial charge in [-0.25, -0.2) is 13.1 Å². The van der Waals surface area contributed by atoms with Crippen LogP contribution in [0.1, 0.15) is 12.8 Å². The lowest BCUT2D eigenvalue weighted by molar-refractivity contribution is 0.578. The lowest BCUT2D eigenvalue weighted by Gasteiger charge is -2.10. The fourth-order valence-electron chi connectivity index (χ4n) is 1.49. The molecular weight excluding hydrogens is 283 g/mol. The van der Waals surface area contributed by atoms with E-state index in [-0.39, 0.29) is 15.6 Å². The number of benzene rings is 1. The van der Waals surface area contributed by atoms with Gasteiger partial charge in [0.1, 0.15) is 4.90 Å². The molecule has 1 aliphatic carbocycles. The third-order valence-electron chi connectivity index (χ3n) is 2.56. The topological polar surface area (TPSA) is 72.2 Å². The van der Waals surface area contributed by atoms with Crippen LogP contribution in [0, 0.1) is 5.92 Å². The fourth-order valence-corrected chi connectivity index (χ4v) is 3.58. The molecule has 1 aliphatic rings. The molecule has 0 spiro atoms. The maximum atomic E-state index is 12.0. The summed E-state index contributed by atoms with van der Waals surface area (Å²) >= 11 is 11.6. The maximum Gasteiger partial charge on any atom is 0.244 e. The zero-order chi connectivity index (χ0) is 12.6. The normalized spacial score (nSPS) is 16.1. The number of nitrogen functional groups attached to an aromatic ring is 1. The van der Waals surface area contributed by atoms with Gasteiger partial charge < -0.3 is 5.73 Å². The molecule has 0 aliphatic heterocycles. The number of rotatable bonds is 4. The molecule has 0 bridgehead atoms. The molecule has 0 amide bonds. The van der Waals surface area contributed by atoms with Crippen molar-refractivity contribution in [2.75, 3.05) is 12.3 Å². The molecule has 0 aromatic heterocycles. The first-order chi connectivity index (χ1) is 7.90. The molecule has 0 atom stereocenters. The molecule has 94 valence electrons. The Morgan fingerprint density at radius 2 is 2.00 bits per heavy atom. The summed E-state index contributed by atoms with van der Waals surface area (Å²) in [5, 5.41) is 0.354. The third-order valence-corrected chi connectivity index (χ3v) is 4.73. The molecule has 0 radical (unpaired) electrons. The highest BCUT2D eigenvalue weighted by Gasteiger charge is 2.26. The Hall–Kier alpha value is -0.490. The monoisotopic (exact) mass is 294 g/mol. The Morgan fingerprint density at radius 1 is 1.35 bits per heavy atom. The Kier molecular flexibility index (Phi) is 3.54. The standard InChI is InChI=1S/C10H12Cl2N2O2S/c11-7-3-8(12)10(9(13)4-7)17(15,16)14-5-6-1-2-6/h3-4,6,14H,1-2,5,13H2. The number of nitrogens with two attached hydrogens (primary N) is 1. The van der Waals surface area contributed by atoms with Crippen LogP contribution in [0.2, 0.25) is 10.0 Å². The third kappa shape index (κ3) is 3.04. The van der Waals surface area contributed by atoms with Crippen LogP contribution in [0.4, 0.5) is 5.69 Å². The van der Waals surface area contributed by atoms with E-state index in [1.165, 1.54) is 12.1 Å². The van der Waals surface area contributed by atoms with E-state index in [9.17, 15) is 8.42 Å². The molecule has 1 fully saturated rings. The second-order valence-corrected chi connectivity index (χ2v) is 6.65. The van der Waals surface area contributed by atoms with Gasteiger partial charge in [0.25, 0.3) is 0 Å². The van der Waals surface area contributed by atoms with Crippen LogP contribution in [-0.2, 0) is 10.0 Å². The van der Waals surface area contributed by atoms with E-state index in [1.807, 2.05) is 0 Å². The summed E-state index contributed by atoms with van der Waals surface area (Å²) in [4.78, 5) is -0.0933. The molecule has 4 nitrogen and oxygen atoms in total. The maximum absolute atomic E-state index is 12.0. The van der Waals surface area contributed by atoms with Gasteiger partial charge in [-0.1, -0.05) is 23.2 Å². The van der Waals surface area contributed by atoms with Crippen molar-refractivity contribution in [3.8, 4) is 0 Å². The van der Waals surface area contributed by atoms with E-state index >= 15 is 0 Å². The predicted octanol–water partition coefficient (Wildman–Crippen LogP) is 2.26. The quantitative estimate of drug-likeness (QED) is 0.837. The molecule has 0 heterocycles. The molecule has 3 N–H and O–H groups in total. The molecule has 1 saturated carbocycles. The minimum Gasteiger partial charge on any atom is -0.398 e. The number of hydrogen-bond acceptors (Lipinski definition) is 3. The first-order valence-electron chi connectivity index (χ1n) is 5.14. The van der Waals surface area contributed by atoms with Gasteiger partial charge in [-0.15, -0.1) is 0 Å². The van der Waals surface area contributed by atoms with Crippen LogP contribution in [0.25, 0.3) is 0 Å². The predicted molar refractivity (Wildman–Crippen MR) is 68.8 cm³/mol. The molecule has 0 saturated heterocycles. The summed E-state index contributed by atoms with van der Waals surface area (Å²) in [7, 11) is -3.66. The molecule has 2 rings (SSSR count). The second kappa shape index (κ2) is 4.65. The van der Waals surface area contributed by atoms with Crippen LogP contribution in [-0.4, -0.2) is 15.0 Å². The Bertz CT molecular complexity index is 518. The highest BCUT2D eigenvalue weighted by Crippen LogP contribution is 2.32. The van der Waals surface area contributed by atoms with Crippen molar-refractivity contribution in [2.45, 2.75) is 17.7 Å². The average molecular weight is 295 g/mol. The minimum absolute atomic E-state index is 0.0401. The van der Waals surface area contributed by atoms with Crippen molar-refractivity contribution in [1.82, 2.24) is 4.72 Å². The van der Waals surface area contributed by atoms with E-state index < -0.39 is 10.0 Å². The summed E-state index contributed by atoms with van der Waals surface area (Å²) in [6.45, 7) is 0.431. The van der Waals surface area contributed by atoms with Crippen molar-refractivity contribution in [3.05, 3.63) is 22.2 Å². The number of nitrogens with one attached hydrogen (secondary N) is 1. The van der Waals surface area contributed by atoms with Crippen molar-refractivity contribution >= 4 is 38.9 Å². The Labute approximate surface area is 110 Å². The van der Waals surface area contributed by atoms with Crippen molar-refractivity contribution in [1.29, 1.82) is 0 Å². The van der Waals surface area contributed by atoms with E-state index in [2.05, 4.69) is 4.72 Å². The number of halogens is 2. The lowest BCUT2D eigenvalue weighted by atomic mass is 10.3. The van der Waals surface area contributed by atoms with Crippen molar-refractivity contribution in [2.24, 2.45) is 5.92 Å². The highest BCUT2D eigenvalue weighted by atomic mass is 35.5. The van der Waals surface area contributed by atoms with Crippen LogP contribution in [0.5, 0.6) is 0 Å². The average Bonchev–Trinajstić information content (AvgIpc) is 2.95. The minimum atomic E-state index is -3.66. The number of anilines is 1. The molecule has 0 unspecified atom stereocenters. The summed E-state index contributed by atoms with van der Waals surface area (Å²) in [6.07, 6.45) is 2.12. The highest BCUT2D eigenvalue weighted by molar-refractivity contribution is 7.89. The fraction of sp³-hybridized carbons (Fsp3) is 0.400. The summed E-state index contributed by atoms with van der Waals surface area (Å²) in [5.41, 5.74) is 5.70. The Balaban J connectivity index is 2.31.